The van der Waals surface area contributed by atoms with E-state index in [-0.39, 0.29) is 12.1 Å². The van der Waals surface area contributed by atoms with E-state index in [1.165, 1.54) is 16.7 Å². The Morgan fingerprint density at radius 2 is 1.82 bits per heavy atom. The molecule has 0 bridgehead atoms. The number of aromatic nitrogens is 4. The molecule has 2 atom stereocenters. The number of H-pyrrole nitrogens is 1. The van der Waals surface area contributed by atoms with Gasteiger partial charge in [-0.2, -0.15) is 5.26 Å². The standard InChI is InChI=1S/C26H26N8/c27-16-21-7-4-8-22-26(21)30-23(17-29-22)25(20-5-2-1-3-6-20)28-14-13-18-9-11-19(12-10-18)15-24-31-33-34-32-24/h1-12,23,25,28-30H,13-15,17H2,(H,31,32,33,34)/t23-,25-/m1/s1. The second-order valence-corrected chi connectivity index (χ2v) is 8.41. The van der Waals surface area contributed by atoms with Crippen LogP contribution in [0, 0.1) is 11.3 Å². The molecule has 0 aliphatic carbocycles. The lowest BCUT2D eigenvalue weighted by atomic mass is 9.96. The number of nitrogens with one attached hydrogen (secondary N) is 4. The van der Waals surface area contributed by atoms with Gasteiger partial charge in [0.25, 0.3) is 0 Å². The number of anilines is 2. The summed E-state index contributed by atoms with van der Waals surface area (Å²) in [6.07, 6.45) is 1.60. The summed E-state index contributed by atoms with van der Waals surface area (Å²) in [5.74, 6) is 0.759. The minimum atomic E-state index is 0.0897. The van der Waals surface area contributed by atoms with Crippen LogP contribution < -0.4 is 16.0 Å². The van der Waals surface area contributed by atoms with E-state index in [0.717, 1.165) is 36.7 Å². The van der Waals surface area contributed by atoms with Crippen LogP contribution in [0.25, 0.3) is 0 Å². The van der Waals surface area contributed by atoms with E-state index in [2.05, 4.69) is 91.2 Å². The average Bonchev–Trinajstić information content (AvgIpc) is 3.40. The maximum atomic E-state index is 9.55. The number of benzene rings is 3. The van der Waals surface area contributed by atoms with Crippen molar-refractivity contribution in [1.29, 1.82) is 5.26 Å². The summed E-state index contributed by atoms with van der Waals surface area (Å²) in [5, 5.41) is 34.4. The molecule has 0 radical (unpaired) electrons. The Kier molecular flexibility index (Phi) is 6.45. The molecule has 3 aromatic carbocycles. The van der Waals surface area contributed by atoms with Gasteiger partial charge in [-0.05, 0) is 52.2 Å². The minimum absolute atomic E-state index is 0.0897. The molecular formula is C26H26N8. The van der Waals surface area contributed by atoms with Crippen molar-refractivity contribution < 1.29 is 0 Å². The first-order valence-electron chi connectivity index (χ1n) is 11.4. The molecule has 34 heavy (non-hydrogen) atoms. The topological polar surface area (TPSA) is 114 Å². The summed E-state index contributed by atoms with van der Waals surface area (Å²) < 4.78 is 0. The first-order valence-corrected chi connectivity index (χ1v) is 11.4. The van der Waals surface area contributed by atoms with Crippen molar-refractivity contribution in [2.45, 2.75) is 24.9 Å². The zero-order chi connectivity index (χ0) is 23.2. The summed E-state index contributed by atoms with van der Waals surface area (Å²) in [4.78, 5) is 0. The Morgan fingerprint density at radius 1 is 1.00 bits per heavy atom. The molecule has 1 aliphatic heterocycles. The normalized spacial score (nSPS) is 15.4. The number of aromatic amines is 1. The number of tetrazole rings is 1. The first-order chi connectivity index (χ1) is 16.8. The molecule has 0 spiro atoms. The number of rotatable bonds is 8. The van der Waals surface area contributed by atoms with Crippen LogP contribution in [-0.4, -0.2) is 39.8 Å². The highest BCUT2D eigenvalue weighted by Gasteiger charge is 2.27. The first kappa shape index (κ1) is 21.6. The van der Waals surface area contributed by atoms with Crippen molar-refractivity contribution in [2.75, 3.05) is 23.7 Å². The molecular weight excluding hydrogens is 424 g/mol. The van der Waals surface area contributed by atoms with Gasteiger partial charge in [0, 0.05) is 13.0 Å². The molecule has 4 aromatic rings. The number of hydrogen-bond donors (Lipinski definition) is 4. The van der Waals surface area contributed by atoms with Gasteiger partial charge in [0.15, 0.2) is 5.82 Å². The smallest absolute Gasteiger partial charge is 0.152 e. The van der Waals surface area contributed by atoms with E-state index in [9.17, 15) is 5.26 Å². The van der Waals surface area contributed by atoms with Crippen molar-refractivity contribution in [1.82, 2.24) is 25.9 Å². The largest absolute Gasteiger partial charge is 0.381 e. The molecule has 0 amide bonds. The number of nitrogens with zero attached hydrogens (tertiary/aromatic N) is 4. The molecule has 0 fully saturated rings. The molecule has 170 valence electrons. The third kappa shape index (κ3) is 4.90. The minimum Gasteiger partial charge on any atom is -0.381 e. The van der Waals surface area contributed by atoms with E-state index in [1.807, 2.05) is 24.3 Å². The van der Waals surface area contributed by atoms with Gasteiger partial charge in [-0.15, -0.1) is 5.10 Å². The van der Waals surface area contributed by atoms with Crippen molar-refractivity contribution in [2.24, 2.45) is 0 Å². The molecule has 1 aromatic heterocycles. The quantitative estimate of drug-likeness (QED) is 0.325. The Morgan fingerprint density at radius 3 is 2.59 bits per heavy atom. The third-order valence-electron chi connectivity index (χ3n) is 6.15. The maximum Gasteiger partial charge on any atom is 0.152 e. The summed E-state index contributed by atoms with van der Waals surface area (Å²) >= 11 is 0. The Balaban J connectivity index is 1.26. The van der Waals surface area contributed by atoms with Crippen LogP contribution in [0.2, 0.25) is 0 Å². The predicted octanol–water partition coefficient (Wildman–Crippen LogP) is 3.44. The number of hydrogen-bond acceptors (Lipinski definition) is 7. The molecule has 5 rings (SSSR count). The Bertz CT molecular complexity index is 1250. The molecule has 0 unspecified atom stereocenters. The van der Waals surface area contributed by atoms with Gasteiger partial charge < -0.3 is 16.0 Å². The van der Waals surface area contributed by atoms with E-state index in [4.69, 9.17) is 0 Å². The van der Waals surface area contributed by atoms with Gasteiger partial charge in [-0.3, -0.25) is 0 Å². The van der Waals surface area contributed by atoms with Crippen molar-refractivity contribution in [3.63, 3.8) is 0 Å². The van der Waals surface area contributed by atoms with Gasteiger partial charge in [0.05, 0.1) is 29.0 Å². The maximum absolute atomic E-state index is 9.55. The summed E-state index contributed by atoms with van der Waals surface area (Å²) in [6, 6.07) is 27.3. The average molecular weight is 451 g/mol. The number of nitriles is 1. The molecule has 8 heteroatoms. The van der Waals surface area contributed by atoms with Gasteiger partial charge in [0.1, 0.15) is 6.07 Å². The molecule has 1 aliphatic rings. The Hall–Kier alpha value is -4.22. The van der Waals surface area contributed by atoms with E-state index in [1.54, 1.807) is 0 Å². The highest BCUT2D eigenvalue weighted by molar-refractivity contribution is 5.77. The van der Waals surface area contributed by atoms with Crippen LogP contribution in [0.15, 0.2) is 72.8 Å². The lowest BCUT2D eigenvalue weighted by molar-refractivity contribution is 0.473. The van der Waals surface area contributed by atoms with Gasteiger partial charge in [0.2, 0.25) is 0 Å². The fraction of sp³-hybridized carbons (Fsp3) is 0.231. The van der Waals surface area contributed by atoms with E-state index in [0.29, 0.717) is 12.0 Å². The van der Waals surface area contributed by atoms with E-state index < -0.39 is 0 Å². The summed E-state index contributed by atoms with van der Waals surface area (Å²) in [7, 11) is 0. The summed E-state index contributed by atoms with van der Waals surface area (Å²) in [6.45, 7) is 1.59. The lowest BCUT2D eigenvalue weighted by Crippen LogP contribution is -2.44. The highest BCUT2D eigenvalue weighted by atomic mass is 15.5. The third-order valence-corrected chi connectivity index (χ3v) is 6.15. The molecule has 2 heterocycles. The molecule has 8 nitrogen and oxygen atoms in total. The fourth-order valence-electron chi connectivity index (χ4n) is 4.40. The van der Waals surface area contributed by atoms with Gasteiger partial charge in [-0.1, -0.05) is 60.7 Å². The molecule has 0 saturated heterocycles. The van der Waals surface area contributed by atoms with Crippen LogP contribution in [0.5, 0.6) is 0 Å². The monoisotopic (exact) mass is 450 g/mol. The summed E-state index contributed by atoms with van der Waals surface area (Å²) in [5.41, 5.74) is 6.16. The zero-order valence-electron chi connectivity index (χ0n) is 18.7. The SMILES string of the molecule is N#Cc1cccc2c1N[C@@H]([C@H](NCCc1ccc(Cc3nnn[nH]3)cc1)c1ccccc1)CN2. The van der Waals surface area contributed by atoms with Crippen molar-refractivity contribution >= 4 is 11.4 Å². The predicted molar refractivity (Wildman–Crippen MR) is 131 cm³/mol. The Labute approximate surface area is 198 Å². The highest BCUT2D eigenvalue weighted by Crippen LogP contribution is 2.32. The number of fused-ring (bicyclic) bond motifs is 1. The molecule has 0 saturated carbocycles. The second-order valence-electron chi connectivity index (χ2n) is 8.41. The van der Waals surface area contributed by atoms with Gasteiger partial charge in [-0.25, -0.2) is 5.10 Å². The lowest BCUT2D eigenvalue weighted by Gasteiger charge is -2.35. The molecule has 4 N–H and O–H groups in total. The van der Waals surface area contributed by atoms with Gasteiger partial charge >= 0.3 is 0 Å². The van der Waals surface area contributed by atoms with Crippen LogP contribution in [0.1, 0.15) is 34.1 Å². The zero-order valence-corrected chi connectivity index (χ0v) is 18.7. The second kappa shape index (κ2) is 10.1. The van der Waals surface area contributed by atoms with E-state index >= 15 is 0 Å². The number of para-hydroxylation sites is 1. The van der Waals surface area contributed by atoms with Crippen LogP contribution >= 0.6 is 0 Å². The van der Waals surface area contributed by atoms with Crippen LogP contribution in [0.4, 0.5) is 11.4 Å². The van der Waals surface area contributed by atoms with Crippen molar-refractivity contribution in [3.05, 3.63) is 101 Å². The van der Waals surface area contributed by atoms with Crippen LogP contribution in [0.3, 0.4) is 0 Å². The van der Waals surface area contributed by atoms with Crippen LogP contribution in [-0.2, 0) is 12.8 Å². The fourth-order valence-corrected chi connectivity index (χ4v) is 4.40. The van der Waals surface area contributed by atoms with Crippen molar-refractivity contribution in [3.8, 4) is 6.07 Å².